The van der Waals surface area contributed by atoms with Crippen LogP contribution < -0.4 is 4.74 Å². The normalized spacial score (nSPS) is 11.3. The van der Waals surface area contributed by atoms with Crippen molar-refractivity contribution in [2.75, 3.05) is 14.2 Å². The first-order valence-electron chi connectivity index (χ1n) is 8.73. The largest absolute Gasteiger partial charge is 0.496 e. The van der Waals surface area contributed by atoms with Crippen LogP contribution in [0.2, 0.25) is 0 Å². The van der Waals surface area contributed by atoms with Gasteiger partial charge in [0.1, 0.15) is 11.5 Å². The van der Waals surface area contributed by atoms with E-state index in [1.54, 1.807) is 7.11 Å². The molecule has 0 aliphatic rings. The number of hydrogen-bond donors (Lipinski definition) is 1. The average Bonchev–Trinajstić information content (AvgIpc) is 3.15. The van der Waals surface area contributed by atoms with E-state index in [1.807, 2.05) is 26.8 Å². The summed E-state index contributed by atoms with van der Waals surface area (Å²) in [6.45, 7) is 7.58. The van der Waals surface area contributed by atoms with Gasteiger partial charge in [-0.15, -0.1) is 0 Å². The number of ether oxygens (including phenoxy) is 1. The lowest BCUT2D eigenvalue weighted by Crippen LogP contribution is -2.17. The molecule has 0 saturated heterocycles. The third-order valence-corrected chi connectivity index (χ3v) is 4.54. The first kappa shape index (κ1) is 18.2. The summed E-state index contributed by atoms with van der Waals surface area (Å²) in [7, 11) is 3.81. The minimum absolute atomic E-state index is 0.750. The molecule has 138 valence electrons. The zero-order valence-electron chi connectivity index (χ0n) is 16.1. The van der Waals surface area contributed by atoms with Crippen LogP contribution >= 0.6 is 0 Å². The Morgan fingerprint density at radius 3 is 2.58 bits per heavy atom. The van der Waals surface area contributed by atoms with E-state index in [0.29, 0.717) is 0 Å². The summed E-state index contributed by atoms with van der Waals surface area (Å²) in [5.74, 6) is 1.75. The van der Waals surface area contributed by atoms with Crippen molar-refractivity contribution in [3.8, 4) is 5.75 Å². The summed E-state index contributed by atoms with van der Waals surface area (Å²) in [4.78, 5) is 2.25. The Labute approximate surface area is 154 Å². The monoisotopic (exact) mass is 354 g/mol. The maximum Gasteiger partial charge on any atom is 0.137 e. The van der Waals surface area contributed by atoms with Gasteiger partial charge in [0.2, 0.25) is 0 Å². The molecule has 0 atom stereocenters. The molecule has 0 unspecified atom stereocenters. The number of aromatic nitrogens is 3. The Morgan fingerprint density at radius 1 is 1.15 bits per heavy atom. The number of hydrogen-bond acceptors (Lipinski definition) is 5. The fourth-order valence-electron chi connectivity index (χ4n) is 3.21. The summed E-state index contributed by atoms with van der Waals surface area (Å²) in [5, 5.41) is 11.4. The molecule has 0 amide bonds. The number of methoxy groups -OCH3 is 1. The number of benzene rings is 1. The number of aryl methyl sites for hydroxylation is 3. The Kier molecular flexibility index (Phi) is 5.42. The van der Waals surface area contributed by atoms with Gasteiger partial charge < -0.3 is 9.26 Å². The lowest BCUT2D eigenvalue weighted by Gasteiger charge is -2.17. The minimum Gasteiger partial charge on any atom is -0.496 e. The zero-order chi connectivity index (χ0) is 18.7. The van der Waals surface area contributed by atoms with Crippen LogP contribution in [0.1, 0.15) is 39.5 Å². The minimum atomic E-state index is 0.750. The number of nitrogens with zero attached hydrogens (tertiary/aromatic N) is 3. The molecule has 26 heavy (non-hydrogen) atoms. The van der Waals surface area contributed by atoms with Gasteiger partial charge in [0, 0.05) is 30.8 Å². The smallest absolute Gasteiger partial charge is 0.137 e. The van der Waals surface area contributed by atoms with E-state index in [9.17, 15) is 0 Å². The van der Waals surface area contributed by atoms with Crippen LogP contribution in [0.3, 0.4) is 0 Å². The lowest BCUT2D eigenvalue weighted by molar-refractivity contribution is 0.314. The van der Waals surface area contributed by atoms with Crippen LogP contribution in [-0.2, 0) is 19.5 Å². The molecule has 0 spiro atoms. The quantitative estimate of drug-likeness (QED) is 0.703. The molecule has 6 nitrogen and oxygen atoms in total. The molecule has 0 aliphatic carbocycles. The van der Waals surface area contributed by atoms with Crippen LogP contribution in [0.5, 0.6) is 5.75 Å². The molecule has 0 saturated carbocycles. The summed E-state index contributed by atoms with van der Waals surface area (Å²) in [6, 6.07) is 8.43. The van der Waals surface area contributed by atoms with Crippen molar-refractivity contribution in [2.45, 2.75) is 40.3 Å². The van der Waals surface area contributed by atoms with Crippen LogP contribution in [0.4, 0.5) is 0 Å². The highest BCUT2D eigenvalue weighted by atomic mass is 16.5. The fourth-order valence-corrected chi connectivity index (χ4v) is 3.21. The SMILES string of the molecule is COc1ccc(CN(C)Cc2cc(C)[nH]n2)cc1Cc1c(C)noc1C. The van der Waals surface area contributed by atoms with Crippen molar-refractivity contribution in [3.05, 3.63) is 63.8 Å². The van der Waals surface area contributed by atoms with Crippen molar-refractivity contribution in [3.63, 3.8) is 0 Å². The molecule has 0 radical (unpaired) electrons. The molecule has 0 aliphatic heterocycles. The van der Waals surface area contributed by atoms with Gasteiger partial charge in [-0.25, -0.2) is 0 Å². The Hall–Kier alpha value is -2.60. The molecular formula is C20H26N4O2. The van der Waals surface area contributed by atoms with Gasteiger partial charge in [-0.05, 0) is 51.1 Å². The summed E-state index contributed by atoms with van der Waals surface area (Å²) < 4.78 is 10.8. The second kappa shape index (κ2) is 7.74. The first-order valence-corrected chi connectivity index (χ1v) is 8.73. The third kappa shape index (κ3) is 4.14. The van der Waals surface area contributed by atoms with Crippen molar-refractivity contribution in [2.24, 2.45) is 0 Å². The van der Waals surface area contributed by atoms with Gasteiger partial charge in [0.15, 0.2) is 0 Å². The Bertz CT molecular complexity index is 862. The summed E-state index contributed by atoms with van der Waals surface area (Å²) >= 11 is 0. The standard InChI is InChI=1S/C20H26N4O2/c1-13-8-18(22-21-13)12-24(4)11-16-6-7-20(25-5)17(9-16)10-19-14(2)23-26-15(19)3/h6-9H,10-12H2,1-5H3,(H,21,22). The number of H-pyrrole nitrogens is 1. The van der Waals surface area contributed by atoms with Crippen molar-refractivity contribution in [1.29, 1.82) is 0 Å². The van der Waals surface area contributed by atoms with Crippen molar-refractivity contribution in [1.82, 2.24) is 20.3 Å². The van der Waals surface area contributed by atoms with E-state index in [-0.39, 0.29) is 0 Å². The first-order chi connectivity index (χ1) is 12.5. The Morgan fingerprint density at radius 2 is 1.96 bits per heavy atom. The van der Waals surface area contributed by atoms with Crippen LogP contribution in [0.15, 0.2) is 28.8 Å². The number of nitrogens with one attached hydrogen (secondary N) is 1. The van der Waals surface area contributed by atoms with Gasteiger partial charge in [0.05, 0.1) is 18.5 Å². The van der Waals surface area contributed by atoms with Gasteiger partial charge in [-0.2, -0.15) is 5.10 Å². The van der Waals surface area contributed by atoms with E-state index in [4.69, 9.17) is 9.26 Å². The molecule has 6 heteroatoms. The maximum absolute atomic E-state index is 5.55. The summed E-state index contributed by atoms with van der Waals surface area (Å²) in [6.07, 6.45) is 0.750. The molecule has 0 fully saturated rings. The number of aromatic amines is 1. The van der Waals surface area contributed by atoms with Crippen molar-refractivity contribution >= 4 is 0 Å². The zero-order valence-corrected chi connectivity index (χ0v) is 16.1. The molecule has 1 aromatic carbocycles. The molecule has 1 N–H and O–H groups in total. The van der Waals surface area contributed by atoms with Crippen LogP contribution in [0, 0.1) is 20.8 Å². The lowest BCUT2D eigenvalue weighted by atomic mass is 10.0. The highest BCUT2D eigenvalue weighted by Gasteiger charge is 2.14. The van der Waals surface area contributed by atoms with Crippen LogP contribution in [0.25, 0.3) is 0 Å². The second-order valence-electron chi connectivity index (χ2n) is 6.84. The van der Waals surface area contributed by atoms with E-state index < -0.39 is 0 Å². The highest BCUT2D eigenvalue weighted by Crippen LogP contribution is 2.26. The molecule has 3 rings (SSSR count). The summed E-state index contributed by atoms with van der Waals surface area (Å²) in [5.41, 5.74) is 6.57. The van der Waals surface area contributed by atoms with Gasteiger partial charge in [0.25, 0.3) is 0 Å². The van der Waals surface area contributed by atoms with E-state index >= 15 is 0 Å². The molecular weight excluding hydrogens is 328 g/mol. The molecule has 2 heterocycles. The molecule has 2 aromatic heterocycles. The van der Waals surface area contributed by atoms with Gasteiger partial charge in [-0.3, -0.25) is 10.00 Å². The predicted molar refractivity (Wildman–Crippen MR) is 100 cm³/mol. The highest BCUT2D eigenvalue weighted by molar-refractivity contribution is 5.41. The predicted octanol–water partition coefficient (Wildman–Crippen LogP) is 3.55. The van der Waals surface area contributed by atoms with Crippen molar-refractivity contribution < 1.29 is 9.26 Å². The third-order valence-electron chi connectivity index (χ3n) is 4.54. The Balaban J connectivity index is 1.76. The van der Waals surface area contributed by atoms with Crippen LogP contribution in [-0.4, -0.2) is 34.4 Å². The van der Waals surface area contributed by atoms with Gasteiger partial charge >= 0.3 is 0 Å². The second-order valence-corrected chi connectivity index (χ2v) is 6.84. The molecule has 3 aromatic rings. The molecule has 0 bridgehead atoms. The van der Waals surface area contributed by atoms with E-state index in [1.165, 1.54) is 5.56 Å². The van der Waals surface area contributed by atoms with Gasteiger partial charge in [-0.1, -0.05) is 17.3 Å². The number of rotatable bonds is 7. The average molecular weight is 354 g/mol. The topological polar surface area (TPSA) is 67.2 Å². The fraction of sp³-hybridized carbons (Fsp3) is 0.400. The van der Waals surface area contributed by atoms with E-state index in [2.05, 4.69) is 45.5 Å². The van der Waals surface area contributed by atoms with E-state index in [0.717, 1.165) is 59.2 Å². The maximum atomic E-state index is 5.55.